The van der Waals surface area contributed by atoms with Gasteiger partial charge in [0.25, 0.3) is 11.8 Å². The summed E-state index contributed by atoms with van der Waals surface area (Å²) in [6.07, 6.45) is 8.87. The molecular weight excluding hydrogens is 604 g/mol. The van der Waals surface area contributed by atoms with E-state index in [-0.39, 0.29) is 11.8 Å². The van der Waals surface area contributed by atoms with Gasteiger partial charge in [-0.2, -0.15) is 0 Å². The molecule has 2 aliphatic rings. The lowest BCUT2D eigenvalue weighted by molar-refractivity contribution is -0.114. The second kappa shape index (κ2) is 13.0. The predicted molar refractivity (Wildman–Crippen MR) is 166 cm³/mol. The van der Waals surface area contributed by atoms with Crippen LogP contribution in [-0.2, 0) is 9.59 Å². The van der Waals surface area contributed by atoms with E-state index in [4.69, 9.17) is 0 Å². The number of hydrogen-bond donors (Lipinski definition) is 0. The van der Waals surface area contributed by atoms with Gasteiger partial charge in [0.2, 0.25) is 0 Å². The van der Waals surface area contributed by atoms with E-state index in [1.807, 2.05) is 46.2 Å². The molecule has 0 fully saturated rings. The Morgan fingerprint density at radius 2 is 1.05 bits per heavy atom. The lowest BCUT2D eigenvalue weighted by atomic mass is 9.96. The zero-order chi connectivity index (χ0) is 27.4. The number of fused-ring (bicyclic) bond motifs is 2. The molecule has 2 atom stereocenters. The molecule has 0 aliphatic carbocycles. The Hall–Kier alpha value is -1.92. The lowest BCUT2D eigenvalue weighted by Crippen LogP contribution is -2.34. The number of nitrogens with zero attached hydrogens (tertiary/aromatic N) is 2. The highest BCUT2D eigenvalue weighted by atomic mass is 79.9. The number of halogens is 2. The lowest BCUT2D eigenvalue weighted by Gasteiger charge is -2.24. The van der Waals surface area contributed by atoms with Crippen molar-refractivity contribution in [1.82, 2.24) is 0 Å². The van der Waals surface area contributed by atoms with Gasteiger partial charge in [0.05, 0.1) is 22.5 Å². The van der Waals surface area contributed by atoms with Crippen LogP contribution in [-0.4, -0.2) is 24.9 Å². The van der Waals surface area contributed by atoms with Crippen molar-refractivity contribution in [2.75, 3.05) is 22.9 Å². The predicted octanol–water partition coefficient (Wildman–Crippen LogP) is 9.25. The van der Waals surface area contributed by atoms with E-state index in [0.29, 0.717) is 36.1 Å². The van der Waals surface area contributed by atoms with Crippen LogP contribution < -0.4 is 9.80 Å². The van der Waals surface area contributed by atoms with Crippen molar-refractivity contribution in [2.24, 2.45) is 11.8 Å². The molecule has 204 valence electrons. The van der Waals surface area contributed by atoms with Gasteiger partial charge >= 0.3 is 0 Å². The number of unbranched alkanes of at least 4 members (excludes halogenated alkanes) is 2. The van der Waals surface area contributed by atoms with Crippen LogP contribution in [0.5, 0.6) is 0 Å². The van der Waals surface area contributed by atoms with E-state index >= 15 is 0 Å². The van der Waals surface area contributed by atoms with Gasteiger partial charge in [0.15, 0.2) is 0 Å². The number of hydrogen-bond acceptors (Lipinski definition) is 2. The molecule has 4 nitrogen and oxygen atoms in total. The minimum Gasteiger partial charge on any atom is -0.307 e. The third-order valence-corrected chi connectivity index (χ3v) is 9.16. The summed E-state index contributed by atoms with van der Waals surface area (Å²) in [5.74, 6) is 0.756. The molecule has 2 aromatic carbocycles. The van der Waals surface area contributed by atoms with Crippen LogP contribution in [0.25, 0.3) is 11.1 Å². The Bertz CT molecular complexity index is 1130. The molecule has 2 amide bonds. The Morgan fingerprint density at radius 3 is 1.39 bits per heavy atom. The summed E-state index contributed by atoms with van der Waals surface area (Å²) >= 11 is 7.23. The molecule has 2 heterocycles. The maximum absolute atomic E-state index is 14.2. The average Bonchev–Trinajstić information content (AvgIpc) is 3.32. The largest absolute Gasteiger partial charge is 0.307 e. The summed E-state index contributed by atoms with van der Waals surface area (Å²) in [5, 5.41) is 0. The smallest absolute Gasteiger partial charge is 0.259 e. The highest BCUT2D eigenvalue weighted by Crippen LogP contribution is 2.48. The van der Waals surface area contributed by atoms with Crippen molar-refractivity contribution in [2.45, 2.75) is 79.1 Å². The minimum absolute atomic E-state index is 0.0508. The third-order valence-electron chi connectivity index (χ3n) is 8.18. The van der Waals surface area contributed by atoms with E-state index in [1.54, 1.807) is 0 Å². The molecule has 0 bridgehead atoms. The van der Waals surface area contributed by atoms with Crippen molar-refractivity contribution < 1.29 is 9.59 Å². The minimum atomic E-state index is -0.0508. The van der Waals surface area contributed by atoms with Gasteiger partial charge in [0.1, 0.15) is 0 Å². The van der Waals surface area contributed by atoms with Crippen molar-refractivity contribution in [3.8, 4) is 0 Å². The van der Waals surface area contributed by atoms with Crippen LogP contribution >= 0.6 is 31.9 Å². The van der Waals surface area contributed by atoms with E-state index in [2.05, 4.69) is 59.6 Å². The molecule has 6 heteroatoms. The van der Waals surface area contributed by atoms with Crippen molar-refractivity contribution in [3.05, 3.63) is 56.5 Å². The standard InChI is InChI=1S/C32H40Br2N2O2/c1-5-9-11-21(7-3)19-35-27-17-23(33)13-15-25(27)29(31(35)37)30-26-16-14-24(34)18-28(26)36(32(30)38)20-22(8-4)12-10-6-2/h13-18,21-22H,5-12,19-20H2,1-4H3/b30-29-/t21-,22+. The molecule has 0 N–H and O–H groups in total. The van der Waals surface area contributed by atoms with Gasteiger partial charge in [-0.1, -0.05) is 110 Å². The first-order valence-electron chi connectivity index (χ1n) is 14.3. The van der Waals surface area contributed by atoms with Crippen LogP contribution in [0.15, 0.2) is 45.3 Å². The summed E-state index contributed by atoms with van der Waals surface area (Å²) in [6, 6.07) is 12.0. The van der Waals surface area contributed by atoms with E-state index in [1.165, 1.54) is 0 Å². The molecule has 0 spiro atoms. The van der Waals surface area contributed by atoms with E-state index in [0.717, 1.165) is 82.8 Å². The molecule has 0 aromatic heterocycles. The van der Waals surface area contributed by atoms with Crippen LogP contribution in [0.4, 0.5) is 11.4 Å². The van der Waals surface area contributed by atoms with Crippen LogP contribution in [0.2, 0.25) is 0 Å². The van der Waals surface area contributed by atoms with E-state index in [9.17, 15) is 9.59 Å². The summed E-state index contributed by atoms with van der Waals surface area (Å²) < 4.78 is 1.87. The first-order valence-corrected chi connectivity index (χ1v) is 15.9. The number of benzene rings is 2. The highest BCUT2D eigenvalue weighted by molar-refractivity contribution is 9.10. The van der Waals surface area contributed by atoms with E-state index < -0.39 is 0 Å². The van der Waals surface area contributed by atoms with Gasteiger partial charge in [-0.25, -0.2) is 0 Å². The zero-order valence-corrected chi connectivity index (χ0v) is 26.3. The second-order valence-electron chi connectivity index (χ2n) is 10.7. The van der Waals surface area contributed by atoms with Gasteiger partial charge < -0.3 is 9.80 Å². The Morgan fingerprint density at radius 1 is 0.658 bits per heavy atom. The molecule has 2 aromatic rings. The number of carbonyl (C=O) groups is 2. The topological polar surface area (TPSA) is 40.6 Å². The zero-order valence-electron chi connectivity index (χ0n) is 23.2. The summed E-state index contributed by atoms with van der Waals surface area (Å²) in [7, 11) is 0. The maximum Gasteiger partial charge on any atom is 0.259 e. The van der Waals surface area contributed by atoms with Crippen LogP contribution in [0, 0.1) is 11.8 Å². The third kappa shape index (κ3) is 5.82. The van der Waals surface area contributed by atoms with Gasteiger partial charge in [-0.05, 0) is 48.9 Å². The molecular formula is C32H40Br2N2O2. The van der Waals surface area contributed by atoms with Crippen LogP contribution in [0.3, 0.4) is 0 Å². The molecule has 4 rings (SSSR count). The summed E-state index contributed by atoms with van der Waals surface area (Å²) in [4.78, 5) is 32.3. The number of anilines is 2. The number of carbonyl (C=O) groups excluding carboxylic acids is 2. The Balaban J connectivity index is 1.81. The fourth-order valence-corrected chi connectivity index (χ4v) is 6.49. The second-order valence-corrected chi connectivity index (χ2v) is 12.6. The number of rotatable bonds is 12. The molecule has 2 aliphatic heterocycles. The summed E-state index contributed by atoms with van der Waals surface area (Å²) in [6.45, 7) is 10.2. The SMILES string of the molecule is CCCC[C@@H](CC)CN1C(=O)/C(=C2\C(=O)N(C[C@@H](CC)CCCC)c3cc(Br)ccc32)c2ccc(Br)cc21. The van der Waals surface area contributed by atoms with Crippen molar-refractivity contribution in [3.63, 3.8) is 0 Å². The summed E-state index contributed by atoms with van der Waals surface area (Å²) in [5.41, 5.74) is 4.63. The fraction of sp³-hybridized carbons (Fsp3) is 0.500. The molecule has 38 heavy (non-hydrogen) atoms. The van der Waals surface area contributed by atoms with Crippen LogP contribution in [0.1, 0.15) is 90.2 Å². The van der Waals surface area contributed by atoms with Gasteiger partial charge in [-0.3, -0.25) is 9.59 Å². The fourth-order valence-electron chi connectivity index (χ4n) is 5.79. The Labute approximate surface area is 245 Å². The highest BCUT2D eigenvalue weighted by Gasteiger charge is 2.42. The monoisotopic (exact) mass is 642 g/mol. The molecule has 0 saturated carbocycles. The number of amides is 2. The first-order chi connectivity index (χ1) is 18.3. The average molecular weight is 644 g/mol. The van der Waals surface area contributed by atoms with Crippen molar-refractivity contribution in [1.29, 1.82) is 0 Å². The quantitative estimate of drug-likeness (QED) is 0.216. The van der Waals surface area contributed by atoms with Gasteiger partial charge in [0, 0.05) is 33.2 Å². The molecule has 0 unspecified atom stereocenters. The molecule has 0 radical (unpaired) electrons. The van der Waals surface area contributed by atoms with Gasteiger partial charge in [-0.15, -0.1) is 0 Å². The first kappa shape index (κ1) is 29.1. The maximum atomic E-state index is 14.2. The normalized spacial score (nSPS) is 18.3. The molecule has 0 saturated heterocycles. The van der Waals surface area contributed by atoms with Crippen molar-refractivity contribution >= 4 is 66.2 Å². The Kier molecular flexibility index (Phi) is 9.91.